The topological polar surface area (TPSA) is 99.2 Å². The number of benzene rings is 1. The van der Waals surface area contributed by atoms with E-state index in [4.69, 9.17) is 9.72 Å². The van der Waals surface area contributed by atoms with Crippen molar-refractivity contribution in [2.75, 3.05) is 31.6 Å². The monoisotopic (exact) mass is 579 g/mol. The first kappa shape index (κ1) is 24.9. The number of aromatic nitrogens is 5. The molecule has 1 fully saturated rings. The summed E-state index contributed by atoms with van der Waals surface area (Å²) in [4.78, 5) is 34.1. The maximum absolute atomic E-state index is 13.7. The van der Waals surface area contributed by atoms with Gasteiger partial charge in [-0.15, -0.1) is 0 Å². The molecule has 0 aliphatic carbocycles. The second kappa shape index (κ2) is 9.39. The molecule has 6 rings (SSSR count). The summed E-state index contributed by atoms with van der Waals surface area (Å²) in [5, 5.41) is 7.43. The van der Waals surface area contributed by atoms with Gasteiger partial charge in [-0.25, -0.2) is 9.67 Å². The number of hydrogen-bond acceptors (Lipinski definition) is 6. The van der Waals surface area contributed by atoms with Gasteiger partial charge in [0.05, 0.1) is 39.5 Å². The van der Waals surface area contributed by atoms with Crippen LogP contribution in [0, 0.1) is 0 Å². The van der Waals surface area contributed by atoms with Crippen LogP contribution in [-0.4, -0.2) is 60.9 Å². The van der Waals surface area contributed by atoms with Crippen LogP contribution in [0.3, 0.4) is 0 Å². The molecule has 2 aliphatic rings. The highest BCUT2D eigenvalue weighted by molar-refractivity contribution is 9.10. The zero-order valence-corrected chi connectivity index (χ0v) is 23.3. The molecular weight excluding hydrogens is 550 g/mol. The minimum absolute atomic E-state index is 0.232. The Morgan fingerprint density at radius 3 is 2.79 bits per heavy atom. The molecule has 10 nitrogen and oxygen atoms in total. The van der Waals surface area contributed by atoms with Crippen molar-refractivity contribution in [3.8, 4) is 17.0 Å². The summed E-state index contributed by atoms with van der Waals surface area (Å²) < 4.78 is 12.4. The van der Waals surface area contributed by atoms with Crippen molar-refractivity contribution >= 4 is 38.8 Å². The molecule has 3 aromatic heterocycles. The third kappa shape index (κ3) is 4.23. The Morgan fingerprint density at radius 2 is 1.95 bits per heavy atom. The van der Waals surface area contributed by atoms with Crippen molar-refractivity contribution in [2.24, 2.45) is 14.1 Å². The van der Waals surface area contributed by atoms with E-state index >= 15 is 0 Å². The lowest BCUT2D eigenvalue weighted by molar-refractivity contribution is 0.102. The molecule has 0 spiro atoms. The quantitative estimate of drug-likeness (QED) is 0.340. The van der Waals surface area contributed by atoms with Gasteiger partial charge in [-0.2, -0.15) is 5.10 Å². The minimum atomic E-state index is -0.340. The second-order valence-electron chi connectivity index (χ2n) is 10.5. The van der Waals surface area contributed by atoms with Crippen molar-refractivity contribution in [1.82, 2.24) is 28.8 Å². The number of ether oxygens (including phenoxy) is 1. The predicted octanol–water partition coefficient (Wildman–Crippen LogP) is 3.74. The van der Waals surface area contributed by atoms with E-state index in [0.717, 1.165) is 54.4 Å². The maximum Gasteiger partial charge on any atom is 0.259 e. The molecule has 2 aliphatic heterocycles. The van der Waals surface area contributed by atoms with E-state index < -0.39 is 0 Å². The van der Waals surface area contributed by atoms with Crippen molar-refractivity contribution in [1.29, 1.82) is 0 Å². The van der Waals surface area contributed by atoms with Gasteiger partial charge >= 0.3 is 0 Å². The Labute approximate surface area is 228 Å². The van der Waals surface area contributed by atoms with E-state index in [-0.39, 0.29) is 17.0 Å². The first-order valence-electron chi connectivity index (χ1n) is 12.8. The van der Waals surface area contributed by atoms with Gasteiger partial charge in [-0.1, -0.05) is 15.9 Å². The van der Waals surface area contributed by atoms with Gasteiger partial charge in [-0.05, 0) is 57.0 Å². The van der Waals surface area contributed by atoms with Gasteiger partial charge in [0.1, 0.15) is 6.61 Å². The van der Waals surface area contributed by atoms with Gasteiger partial charge in [0.25, 0.3) is 11.5 Å². The lowest BCUT2D eigenvalue weighted by Gasteiger charge is -2.36. The number of imidazole rings is 1. The highest BCUT2D eigenvalue weighted by Crippen LogP contribution is 2.36. The molecule has 1 saturated heterocycles. The highest BCUT2D eigenvalue weighted by atomic mass is 79.9. The van der Waals surface area contributed by atoms with E-state index in [0.29, 0.717) is 35.1 Å². The van der Waals surface area contributed by atoms with Gasteiger partial charge < -0.3 is 13.9 Å². The molecule has 198 valence electrons. The molecule has 4 bridgehead atoms. The van der Waals surface area contributed by atoms with Crippen molar-refractivity contribution in [3.63, 3.8) is 0 Å². The molecular formula is C27H30BrN7O3. The Bertz CT molecular complexity index is 1620. The number of nitrogens with zero attached hydrogens (tertiary/aromatic N) is 6. The molecule has 1 N–H and O–H groups in total. The average Bonchev–Trinajstić information content (AvgIpc) is 3.35. The number of fused-ring (bicyclic) bond motifs is 10. The van der Waals surface area contributed by atoms with Crippen LogP contribution in [-0.2, 0) is 19.6 Å². The lowest BCUT2D eigenvalue weighted by atomic mass is 9.95. The van der Waals surface area contributed by atoms with Crippen LogP contribution in [0.1, 0.15) is 36.5 Å². The summed E-state index contributed by atoms with van der Waals surface area (Å²) in [5.74, 6) is 0.666. The summed E-state index contributed by atoms with van der Waals surface area (Å²) in [6.45, 7) is 5.14. The van der Waals surface area contributed by atoms with Crippen LogP contribution in [0.25, 0.3) is 22.2 Å². The van der Waals surface area contributed by atoms with E-state index in [1.54, 1.807) is 37.2 Å². The SMILES string of the molecule is Cn1ncc2c1OCCN1CCCCC(C)(C1)n1c(nc3ccc(Br)cc31)NC(=O)c1cc-2c(=O)n(C)c1. The van der Waals surface area contributed by atoms with Crippen molar-refractivity contribution in [3.05, 3.63) is 57.0 Å². The standard InChI is InChI=1S/C27H30BrN7O3/c1-27-8-4-5-9-34(16-27)10-11-38-25-20(14-29-33(25)3)19-12-17(15-32(2)24(19)37)23(36)31-26-30-21-7-6-18(28)13-22(21)35(26)27/h6-7,12-15H,4-5,8-11,16H2,1-3H3,(H,30,31,36). The average molecular weight is 580 g/mol. The van der Waals surface area contributed by atoms with Crippen LogP contribution in [0.15, 0.2) is 45.9 Å². The van der Waals surface area contributed by atoms with Crippen LogP contribution in [0.5, 0.6) is 5.88 Å². The number of nitrogens with one attached hydrogen (secondary N) is 1. The number of anilines is 1. The van der Waals surface area contributed by atoms with Crippen molar-refractivity contribution in [2.45, 2.75) is 31.7 Å². The van der Waals surface area contributed by atoms with E-state index in [2.05, 4.69) is 48.8 Å². The van der Waals surface area contributed by atoms with E-state index in [1.165, 1.54) is 4.57 Å². The third-order valence-corrected chi connectivity index (χ3v) is 8.15. The van der Waals surface area contributed by atoms with Crippen LogP contribution in [0.4, 0.5) is 5.95 Å². The number of aryl methyl sites for hydroxylation is 2. The fourth-order valence-corrected chi connectivity index (χ4v) is 6.14. The van der Waals surface area contributed by atoms with Gasteiger partial charge in [0.15, 0.2) is 0 Å². The van der Waals surface area contributed by atoms with Gasteiger partial charge in [-0.3, -0.25) is 19.8 Å². The Balaban J connectivity index is 1.56. The zero-order chi connectivity index (χ0) is 26.6. The first-order valence-corrected chi connectivity index (χ1v) is 13.6. The summed E-state index contributed by atoms with van der Waals surface area (Å²) >= 11 is 3.62. The molecule has 38 heavy (non-hydrogen) atoms. The van der Waals surface area contributed by atoms with E-state index in [1.807, 2.05) is 12.1 Å². The molecule has 1 aromatic carbocycles. The molecule has 0 saturated carbocycles. The zero-order valence-electron chi connectivity index (χ0n) is 21.7. The maximum atomic E-state index is 13.7. The number of hydrogen-bond donors (Lipinski definition) is 1. The molecule has 4 aromatic rings. The normalized spacial score (nSPS) is 21.9. The summed E-state index contributed by atoms with van der Waals surface area (Å²) in [6.07, 6.45) is 6.25. The molecule has 5 heterocycles. The number of amides is 1. The number of carbonyl (C=O) groups excluding carboxylic acids is 1. The third-order valence-electron chi connectivity index (χ3n) is 7.65. The fraction of sp³-hybridized carbons (Fsp3) is 0.407. The number of rotatable bonds is 0. The van der Waals surface area contributed by atoms with Crippen LogP contribution < -0.4 is 15.6 Å². The summed E-state index contributed by atoms with van der Waals surface area (Å²) in [5.41, 5.74) is 2.49. The predicted molar refractivity (Wildman–Crippen MR) is 149 cm³/mol. The molecule has 2 unspecified atom stereocenters. The smallest absolute Gasteiger partial charge is 0.259 e. The second-order valence-corrected chi connectivity index (χ2v) is 11.4. The van der Waals surface area contributed by atoms with Gasteiger partial charge in [0, 0.05) is 37.9 Å². The first-order chi connectivity index (χ1) is 18.2. The molecule has 11 heteroatoms. The van der Waals surface area contributed by atoms with Crippen LogP contribution >= 0.6 is 15.9 Å². The Kier molecular flexibility index (Phi) is 6.14. The lowest BCUT2D eigenvalue weighted by Crippen LogP contribution is -2.43. The molecule has 1 amide bonds. The summed E-state index contributed by atoms with van der Waals surface area (Å²) in [7, 11) is 3.43. The number of halogens is 1. The minimum Gasteiger partial charge on any atom is -0.476 e. The largest absolute Gasteiger partial charge is 0.476 e. The van der Waals surface area contributed by atoms with Crippen molar-refractivity contribution < 1.29 is 9.53 Å². The number of carbonyl (C=O) groups is 1. The number of pyridine rings is 1. The highest BCUT2D eigenvalue weighted by Gasteiger charge is 2.35. The summed E-state index contributed by atoms with van der Waals surface area (Å²) in [6, 6.07) is 7.59. The Morgan fingerprint density at radius 1 is 1.11 bits per heavy atom. The van der Waals surface area contributed by atoms with E-state index in [9.17, 15) is 9.59 Å². The molecule has 0 radical (unpaired) electrons. The van der Waals surface area contributed by atoms with Crippen LogP contribution in [0.2, 0.25) is 0 Å². The molecule has 2 atom stereocenters. The van der Waals surface area contributed by atoms with Gasteiger partial charge in [0.2, 0.25) is 11.8 Å². The fourth-order valence-electron chi connectivity index (χ4n) is 5.79. The Hall–Kier alpha value is -3.44.